The Labute approximate surface area is 138 Å². The normalized spacial score (nSPS) is 11.9. The smallest absolute Gasteiger partial charge is 0.168 e. The van der Waals surface area contributed by atoms with Crippen LogP contribution in [0, 0.1) is 0 Å². The van der Waals surface area contributed by atoms with E-state index in [2.05, 4.69) is 13.0 Å². The Balaban J connectivity index is 2.66. The number of hydrogen-bond acceptors (Lipinski definition) is 4. The molecule has 2 aromatic carbocycles. The molecule has 4 nitrogen and oxygen atoms in total. The molecule has 1 unspecified atom stereocenters. The quantitative estimate of drug-likeness (QED) is 0.843. The van der Waals surface area contributed by atoms with Crippen molar-refractivity contribution in [2.24, 2.45) is 5.73 Å². The van der Waals surface area contributed by atoms with Crippen molar-refractivity contribution in [2.45, 2.75) is 19.3 Å². The van der Waals surface area contributed by atoms with Crippen LogP contribution in [0.5, 0.6) is 17.2 Å². The van der Waals surface area contributed by atoms with Gasteiger partial charge in [-0.3, -0.25) is 0 Å². The summed E-state index contributed by atoms with van der Waals surface area (Å²) in [5, 5.41) is 0. The molecule has 4 heteroatoms. The molecule has 0 bridgehead atoms. The SMILES string of the molecule is COc1ccccc1-c1cc(C(C)CCN)cc(OC)c1OC. The summed E-state index contributed by atoms with van der Waals surface area (Å²) in [5.41, 5.74) is 8.83. The van der Waals surface area contributed by atoms with Crippen LogP contribution in [0.1, 0.15) is 24.8 Å². The zero-order valence-corrected chi connectivity index (χ0v) is 14.3. The molecule has 0 aromatic heterocycles. The van der Waals surface area contributed by atoms with Crippen LogP contribution in [0.25, 0.3) is 11.1 Å². The second-order valence-corrected chi connectivity index (χ2v) is 5.48. The maximum atomic E-state index is 5.71. The second kappa shape index (κ2) is 7.88. The fourth-order valence-corrected chi connectivity index (χ4v) is 2.75. The van der Waals surface area contributed by atoms with E-state index in [-0.39, 0.29) is 0 Å². The molecule has 0 fully saturated rings. The Morgan fingerprint density at radius 1 is 0.913 bits per heavy atom. The van der Waals surface area contributed by atoms with Crippen molar-refractivity contribution in [2.75, 3.05) is 27.9 Å². The van der Waals surface area contributed by atoms with Gasteiger partial charge < -0.3 is 19.9 Å². The van der Waals surface area contributed by atoms with E-state index in [0.29, 0.717) is 18.2 Å². The van der Waals surface area contributed by atoms with E-state index < -0.39 is 0 Å². The average molecular weight is 315 g/mol. The highest BCUT2D eigenvalue weighted by Gasteiger charge is 2.18. The van der Waals surface area contributed by atoms with Crippen LogP contribution in [-0.4, -0.2) is 27.9 Å². The minimum atomic E-state index is 0.341. The molecule has 0 radical (unpaired) electrons. The zero-order valence-electron chi connectivity index (χ0n) is 14.3. The molecular weight excluding hydrogens is 290 g/mol. The molecule has 0 aliphatic rings. The van der Waals surface area contributed by atoms with E-state index >= 15 is 0 Å². The molecule has 0 heterocycles. The minimum absolute atomic E-state index is 0.341. The van der Waals surface area contributed by atoms with Gasteiger partial charge in [-0.15, -0.1) is 0 Å². The van der Waals surface area contributed by atoms with E-state index in [1.807, 2.05) is 30.3 Å². The highest BCUT2D eigenvalue weighted by atomic mass is 16.5. The molecule has 0 saturated heterocycles. The molecule has 124 valence electrons. The maximum Gasteiger partial charge on any atom is 0.168 e. The first-order valence-corrected chi connectivity index (χ1v) is 7.75. The van der Waals surface area contributed by atoms with Crippen LogP contribution < -0.4 is 19.9 Å². The number of ether oxygens (including phenoxy) is 3. The van der Waals surface area contributed by atoms with Gasteiger partial charge in [-0.25, -0.2) is 0 Å². The van der Waals surface area contributed by atoms with E-state index in [1.54, 1.807) is 21.3 Å². The van der Waals surface area contributed by atoms with Crippen molar-refractivity contribution >= 4 is 0 Å². The summed E-state index contributed by atoms with van der Waals surface area (Å²) in [6, 6.07) is 12.1. The van der Waals surface area contributed by atoms with Gasteiger partial charge in [0, 0.05) is 11.1 Å². The van der Waals surface area contributed by atoms with Gasteiger partial charge in [-0.2, -0.15) is 0 Å². The molecule has 2 rings (SSSR count). The lowest BCUT2D eigenvalue weighted by Gasteiger charge is -2.19. The fourth-order valence-electron chi connectivity index (χ4n) is 2.75. The third kappa shape index (κ3) is 3.59. The second-order valence-electron chi connectivity index (χ2n) is 5.48. The topological polar surface area (TPSA) is 53.7 Å². The standard InChI is InChI=1S/C19H25NO3/c1-13(9-10-20)14-11-16(19(23-4)18(12-14)22-3)15-7-5-6-8-17(15)21-2/h5-8,11-13H,9-10,20H2,1-4H3. The van der Waals surface area contributed by atoms with Gasteiger partial charge in [0.1, 0.15) is 5.75 Å². The lowest BCUT2D eigenvalue weighted by molar-refractivity contribution is 0.355. The van der Waals surface area contributed by atoms with Gasteiger partial charge in [0.2, 0.25) is 0 Å². The van der Waals surface area contributed by atoms with Crippen molar-refractivity contribution < 1.29 is 14.2 Å². The third-order valence-electron chi connectivity index (χ3n) is 4.07. The first-order chi connectivity index (χ1) is 11.2. The van der Waals surface area contributed by atoms with Gasteiger partial charge in [-0.05, 0) is 42.6 Å². The van der Waals surface area contributed by atoms with Crippen LogP contribution in [0.4, 0.5) is 0 Å². The van der Waals surface area contributed by atoms with Crippen LogP contribution >= 0.6 is 0 Å². The molecule has 0 spiro atoms. The van der Waals surface area contributed by atoms with Crippen LogP contribution in [0.15, 0.2) is 36.4 Å². The molecule has 23 heavy (non-hydrogen) atoms. The Bertz CT molecular complexity index is 655. The third-order valence-corrected chi connectivity index (χ3v) is 4.07. The maximum absolute atomic E-state index is 5.71. The predicted octanol–water partition coefficient (Wildman–Crippen LogP) is 3.83. The molecule has 0 aliphatic carbocycles. The molecule has 0 aliphatic heterocycles. The number of methoxy groups -OCH3 is 3. The van der Waals surface area contributed by atoms with Crippen LogP contribution in [-0.2, 0) is 0 Å². The summed E-state index contributed by atoms with van der Waals surface area (Å²) in [7, 11) is 4.98. The van der Waals surface area contributed by atoms with Gasteiger partial charge in [0.05, 0.1) is 21.3 Å². The van der Waals surface area contributed by atoms with Crippen molar-refractivity contribution in [3.05, 3.63) is 42.0 Å². The van der Waals surface area contributed by atoms with Gasteiger partial charge in [0.25, 0.3) is 0 Å². The number of nitrogens with two attached hydrogens (primary N) is 1. The Hall–Kier alpha value is -2.20. The number of hydrogen-bond donors (Lipinski definition) is 1. The van der Waals surface area contributed by atoms with E-state index in [1.165, 1.54) is 5.56 Å². The van der Waals surface area contributed by atoms with Gasteiger partial charge in [0.15, 0.2) is 11.5 Å². The number of rotatable bonds is 7. The lowest BCUT2D eigenvalue weighted by atomic mass is 9.92. The molecule has 0 amide bonds. The molecule has 2 aromatic rings. The fraction of sp³-hybridized carbons (Fsp3) is 0.368. The van der Waals surface area contributed by atoms with E-state index in [9.17, 15) is 0 Å². The summed E-state index contributed by atoms with van der Waals surface area (Å²) in [5.74, 6) is 2.57. The summed E-state index contributed by atoms with van der Waals surface area (Å²) in [6.07, 6.45) is 0.918. The Morgan fingerprint density at radius 2 is 1.61 bits per heavy atom. The van der Waals surface area contributed by atoms with Crippen molar-refractivity contribution in [1.29, 1.82) is 0 Å². The largest absolute Gasteiger partial charge is 0.496 e. The van der Waals surface area contributed by atoms with Crippen LogP contribution in [0.2, 0.25) is 0 Å². The Morgan fingerprint density at radius 3 is 2.22 bits per heavy atom. The van der Waals surface area contributed by atoms with Crippen LogP contribution in [0.3, 0.4) is 0 Å². The lowest BCUT2D eigenvalue weighted by Crippen LogP contribution is -2.05. The average Bonchev–Trinajstić information content (AvgIpc) is 2.60. The summed E-state index contributed by atoms with van der Waals surface area (Å²) < 4.78 is 16.7. The highest BCUT2D eigenvalue weighted by Crippen LogP contribution is 2.44. The summed E-state index contributed by atoms with van der Waals surface area (Å²) >= 11 is 0. The summed E-state index contributed by atoms with van der Waals surface area (Å²) in [4.78, 5) is 0. The van der Waals surface area contributed by atoms with Crippen molar-refractivity contribution in [3.63, 3.8) is 0 Å². The predicted molar refractivity (Wildman–Crippen MR) is 93.6 cm³/mol. The van der Waals surface area contributed by atoms with Gasteiger partial charge >= 0.3 is 0 Å². The first kappa shape index (κ1) is 17.2. The molecular formula is C19H25NO3. The molecule has 2 N–H and O–H groups in total. The first-order valence-electron chi connectivity index (χ1n) is 7.75. The minimum Gasteiger partial charge on any atom is -0.496 e. The number of benzene rings is 2. The molecule has 1 atom stereocenters. The van der Waals surface area contributed by atoms with Crippen molar-refractivity contribution in [1.82, 2.24) is 0 Å². The van der Waals surface area contributed by atoms with Gasteiger partial charge in [-0.1, -0.05) is 25.1 Å². The number of para-hydroxylation sites is 1. The van der Waals surface area contributed by atoms with E-state index in [0.717, 1.165) is 29.0 Å². The van der Waals surface area contributed by atoms with E-state index in [4.69, 9.17) is 19.9 Å². The highest BCUT2D eigenvalue weighted by molar-refractivity contribution is 5.79. The van der Waals surface area contributed by atoms with Crippen molar-refractivity contribution in [3.8, 4) is 28.4 Å². The Kier molecular flexibility index (Phi) is 5.88. The zero-order chi connectivity index (χ0) is 16.8. The summed E-state index contributed by atoms with van der Waals surface area (Å²) in [6.45, 7) is 2.82. The monoisotopic (exact) mass is 315 g/mol. The molecule has 0 saturated carbocycles.